The van der Waals surface area contributed by atoms with Crippen molar-refractivity contribution in [1.82, 2.24) is 0 Å². The summed E-state index contributed by atoms with van der Waals surface area (Å²) >= 11 is 0. The van der Waals surface area contributed by atoms with Crippen molar-refractivity contribution in [3.8, 4) is 11.5 Å². The maximum absolute atomic E-state index is 12.2. The summed E-state index contributed by atoms with van der Waals surface area (Å²) in [6, 6.07) is 5.81. The molecule has 2 aliphatic carbocycles. The minimum absolute atomic E-state index is 0.0343. The number of rotatable bonds is 3. The lowest BCUT2D eigenvalue weighted by molar-refractivity contribution is 0.0991. The molecule has 2 aliphatic rings. The van der Waals surface area contributed by atoms with E-state index in [1.807, 2.05) is 32.0 Å². The molecule has 1 N–H and O–H groups in total. The second-order valence-corrected chi connectivity index (χ2v) is 7.66. The first kappa shape index (κ1) is 16.2. The van der Waals surface area contributed by atoms with Crippen LogP contribution in [0.2, 0.25) is 0 Å². The van der Waals surface area contributed by atoms with Crippen molar-refractivity contribution >= 4 is 16.9 Å². The predicted octanol–water partition coefficient (Wildman–Crippen LogP) is 5.32. The molecule has 2 atom stereocenters. The van der Waals surface area contributed by atoms with Gasteiger partial charge in [0.25, 0.3) is 0 Å². The third-order valence-corrected chi connectivity index (χ3v) is 5.87. The van der Waals surface area contributed by atoms with E-state index in [0.717, 1.165) is 53.1 Å². The Kier molecular flexibility index (Phi) is 3.67. The van der Waals surface area contributed by atoms with Crippen LogP contribution < -0.4 is 4.74 Å². The van der Waals surface area contributed by atoms with Gasteiger partial charge in [-0.2, -0.15) is 0 Å². The lowest BCUT2D eigenvalue weighted by atomic mass is 9.78. The lowest BCUT2D eigenvalue weighted by Gasteiger charge is -2.28. The van der Waals surface area contributed by atoms with Crippen molar-refractivity contribution in [2.45, 2.75) is 57.8 Å². The lowest BCUT2D eigenvalue weighted by Crippen LogP contribution is -2.18. The summed E-state index contributed by atoms with van der Waals surface area (Å²) < 4.78 is 10.9. The molecule has 4 heteroatoms. The van der Waals surface area contributed by atoms with Crippen LogP contribution in [0.15, 0.2) is 18.2 Å². The summed E-state index contributed by atoms with van der Waals surface area (Å²) in [4.78, 5) is 12.2. The molecule has 2 aromatic carbocycles. The van der Waals surface area contributed by atoms with E-state index in [-0.39, 0.29) is 5.41 Å². The van der Waals surface area contributed by atoms with Crippen LogP contribution in [0.25, 0.3) is 10.8 Å². The number of phenols is 1. The highest BCUT2D eigenvalue weighted by Gasteiger charge is 2.50. The molecule has 132 valence electrons. The highest BCUT2D eigenvalue weighted by atomic mass is 16.7. The number of ether oxygens (including phenoxy) is 2. The van der Waals surface area contributed by atoms with E-state index in [4.69, 9.17) is 9.47 Å². The van der Waals surface area contributed by atoms with Crippen molar-refractivity contribution < 1.29 is 19.4 Å². The van der Waals surface area contributed by atoms with Crippen molar-refractivity contribution in [1.29, 1.82) is 0 Å². The molecule has 2 aromatic rings. The number of hydrogen-bond donors (Lipinski definition) is 1. The monoisotopic (exact) mass is 340 g/mol. The second kappa shape index (κ2) is 5.65. The van der Waals surface area contributed by atoms with E-state index in [1.54, 1.807) is 0 Å². The maximum atomic E-state index is 12.2. The van der Waals surface area contributed by atoms with Crippen LogP contribution in [-0.4, -0.2) is 17.9 Å². The van der Waals surface area contributed by atoms with Gasteiger partial charge in [0.15, 0.2) is 0 Å². The van der Waals surface area contributed by atoms with Gasteiger partial charge in [-0.3, -0.25) is 0 Å². The molecule has 2 unspecified atom stereocenters. The molecule has 2 bridgehead atoms. The number of fused-ring (bicyclic) bond motifs is 6. The summed E-state index contributed by atoms with van der Waals surface area (Å²) in [5.74, 6) is 1.28. The van der Waals surface area contributed by atoms with Crippen LogP contribution in [-0.2, 0) is 10.2 Å². The fourth-order valence-corrected chi connectivity index (χ4v) is 4.80. The molecule has 4 rings (SSSR count). The zero-order valence-corrected chi connectivity index (χ0v) is 15.0. The molecule has 1 saturated carbocycles. The van der Waals surface area contributed by atoms with Crippen molar-refractivity contribution in [2.75, 3.05) is 6.61 Å². The van der Waals surface area contributed by atoms with Crippen LogP contribution in [0, 0.1) is 6.92 Å². The molecule has 0 heterocycles. The topological polar surface area (TPSA) is 55.8 Å². The summed E-state index contributed by atoms with van der Waals surface area (Å²) in [5, 5.41) is 12.6. The number of aromatic hydroxyl groups is 1. The Morgan fingerprint density at radius 2 is 2.20 bits per heavy atom. The minimum atomic E-state index is -0.660. The fourth-order valence-electron chi connectivity index (χ4n) is 4.80. The Hall–Kier alpha value is -2.23. The molecule has 0 spiro atoms. The number of benzene rings is 2. The summed E-state index contributed by atoms with van der Waals surface area (Å²) in [6.45, 7) is 6.48. The van der Waals surface area contributed by atoms with E-state index < -0.39 is 6.16 Å². The molecule has 0 saturated heterocycles. The zero-order valence-electron chi connectivity index (χ0n) is 15.0. The van der Waals surface area contributed by atoms with E-state index in [0.29, 0.717) is 24.0 Å². The third-order valence-electron chi connectivity index (χ3n) is 5.87. The average molecular weight is 340 g/mol. The van der Waals surface area contributed by atoms with Gasteiger partial charge in [0, 0.05) is 21.9 Å². The average Bonchev–Trinajstić information content (AvgIpc) is 3.10. The molecule has 4 nitrogen and oxygen atoms in total. The van der Waals surface area contributed by atoms with E-state index in [1.165, 1.54) is 0 Å². The van der Waals surface area contributed by atoms with E-state index in [2.05, 4.69) is 6.92 Å². The molecule has 0 aliphatic heterocycles. The van der Waals surface area contributed by atoms with Gasteiger partial charge in [0.2, 0.25) is 0 Å². The Balaban J connectivity index is 1.96. The van der Waals surface area contributed by atoms with Gasteiger partial charge in [-0.1, -0.05) is 32.0 Å². The quantitative estimate of drug-likeness (QED) is 0.607. The standard InChI is InChI=1S/C21H24O4/c1-4-10-24-20(23)25-19-15-12(2)6-5-7-14(15)18(22)17-16(19)13-8-9-21(17,3)11-13/h5-7,13,22H,4,8-11H2,1-3H3. The summed E-state index contributed by atoms with van der Waals surface area (Å²) in [7, 11) is 0. The van der Waals surface area contributed by atoms with Crippen LogP contribution in [0.4, 0.5) is 4.79 Å². The summed E-state index contributed by atoms with van der Waals surface area (Å²) in [5.41, 5.74) is 2.94. The van der Waals surface area contributed by atoms with Crippen LogP contribution in [0.3, 0.4) is 0 Å². The fraction of sp³-hybridized carbons (Fsp3) is 0.476. The van der Waals surface area contributed by atoms with Gasteiger partial charge in [-0.15, -0.1) is 0 Å². The van der Waals surface area contributed by atoms with Gasteiger partial charge < -0.3 is 14.6 Å². The first-order chi connectivity index (χ1) is 12.0. The Labute approximate surface area is 147 Å². The molecular weight excluding hydrogens is 316 g/mol. The highest BCUT2D eigenvalue weighted by molar-refractivity contribution is 6.00. The first-order valence-electron chi connectivity index (χ1n) is 9.09. The second-order valence-electron chi connectivity index (χ2n) is 7.66. The van der Waals surface area contributed by atoms with E-state index >= 15 is 0 Å². The third kappa shape index (κ3) is 2.30. The zero-order chi connectivity index (χ0) is 17.8. The molecule has 1 fully saturated rings. The van der Waals surface area contributed by atoms with Gasteiger partial charge in [-0.05, 0) is 49.5 Å². The molecular formula is C21H24O4. The smallest absolute Gasteiger partial charge is 0.507 e. The Bertz CT molecular complexity index is 870. The van der Waals surface area contributed by atoms with Crippen LogP contribution in [0.5, 0.6) is 11.5 Å². The molecule has 25 heavy (non-hydrogen) atoms. The molecule has 0 radical (unpaired) electrons. The van der Waals surface area contributed by atoms with Crippen molar-refractivity contribution in [3.05, 3.63) is 34.9 Å². The van der Waals surface area contributed by atoms with Gasteiger partial charge in [0.05, 0.1) is 6.61 Å². The minimum Gasteiger partial charge on any atom is -0.507 e. The van der Waals surface area contributed by atoms with Crippen molar-refractivity contribution in [2.24, 2.45) is 0 Å². The van der Waals surface area contributed by atoms with Crippen LogP contribution >= 0.6 is 0 Å². The number of hydrogen-bond acceptors (Lipinski definition) is 4. The number of carbonyl (C=O) groups excluding carboxylic acids is 1. The van der Waals surface area contributed by atoms with E-state index in [9.17, 15) is 9.90 Å². The normalized spacial score (nSPS) is 23.7. The maximum Gasteiger partial charge on any atom is 0.513 e. The number of aryl methyl sites for hydroxylation is 1. The SMILES string of the molecule is CCCOC(=O)Oc1c2c(c(O)c3cccc(C)c13)C1(C)CCC2C1. The van der Waals surface area contributed by atoms with Crippen molar-refractivity contribution in [3.63, 3.8) is 0 Å². The number of phenolic OH excluding ortho intramolecular Hbond substituents is 1. The first-order valence-corrected chi connectivity index (χ1v) is 9.09. The van der Waals surface area contributed by atoms with Gasteiger partial charge in [0.1, 0.15) is 11.5 Å². The molecule has 0 amide bonds. The highest BCUT2D eigenvalue weighted by Crippen LogP contribution is 2.63. The number of carbonyl (C=O) groups is 1. The predicted molar refractivity (Wildman–Crippen MR) is 96.6 cm³/mol. The van der Waals surface area contributed by atoms with Gasteiger partial charge >= 0.3 is 6.16 Å². The largest absolute Gasteiger partial charge is 0.513 e. The van der Waals surface area contributed by atoms with Crippen LogP contribution in [0.1, 0.15) is 62.1 Å². The summed E-state index contributed by atoms with van der Waals surface area (Å²) in [6.07, 6.45) is 3.23. The van der Waals surface area contributed by atoms with Gasteiger partial charge in [-0.25, -0.2) is 4.79 Å². The molecule has 0 aromatic heterocycles. The Morgan fingerprint density at radius 3 is 2.96 bits per heavy atom. The Morgan fingerprint density at radius 1 is 1.40 bits per heavy atom.